The number of hydrogen-bond acceptors (Lipinski definition) is 3. The third kappa shape index (κ3) is 2.88. The van der Waals surface area contributed by atoms with Crippen molar-refractivity contribution in [3.63, 3.8) is 0 Å². The van der Waals surface area contributed by atoms with Gasteiger partial charge in [0.05, 0.1) is 5.56 Å². The van der Waals surface area contributed by atoms with Crippen molar-refractivity contribution in [1.29, 1.82) is 0 Å². The zero-order chi connectivity index (χ0) is 14.9. The molecule has 0 aromatic heterocycles. The van der Waals surface area contributed by atoms with Crippen LogP contribution in [0, 0.1) is 11.7 Å². The molecule has 3 nitrogen and oxygen atoms in total. The lowest BCUT2D eigenvalue weighted by Gasteiger charge is -2.30. The van der Waals surface area contributed by atoms with Crippen LogP contribution in [0.4, 0.5) is 17.6 Å². The number of aromatic hydroxyl groups is 1. The Balaban J connectivity index is 2.44. The van der Waals surface area contributed by atoms with Crippen molar-refractivity contribution in [2.75, 3.05) is 13.2 Å². The van der Waals surface area contributed by atoms with Crippen LogP contribution in [0.2, 0.25) is 0 Å². The summed E-state index contributed by atoms with van der Waals surface area (Å²) in [6.45, 7) is 0.797. The second-order valence-electron chi connectivity index (χ2n) is 4.83. The van der Waals surface area contributed by atoms with Gasteiger partial charge in [0.25, 0.3) is 0 Å². The summed E-state index contributed by atoms with van der Waals surface area (Å²) < 4.78 is 57.4. The summed E-state index contributed by atoms with van der Waals surface area (Å²) in [4.78, 5) is 0. The molecule has 20 heavy (non-hydrogen) atoms. The number of phenols is 1. The highest BCUT2D eigenvalue weighted by molar-refractivity contribution is 5.44. The topological polar surface area (TPSA) is 55.5 Å². The number of hydrogen-bond donors (Lipinski definition) is 2. The van der Waals surface area contributed by atoms with Crippen LogP contribution in [-0.2, 0) is 10.9 Å². The summed E-state index contributed by atoms with van der Waals surface area (Å²) in [5, 5.41) is 9.66. The normalized spacial score (nSPS) is 19.1. The number of phenolic OH excluding ortho intramolecular Hbond substituents is 1. The Labute approximate surface area is 113 Å². The van der Waals surface area contributed by atoms with Crippen molar-refractivity contribution < 1.29 is 27.4 Å². The highest BCUT2D eigenvalue weighted by atomic mass is 19.4. The van der Waals surface area contributed by atoms with E-state index in [-0.39, 0.29) is 5.92 Å². The molecule has 0 spiro atoms. The van der Waals surface area contributed by atoms with Gasteiger partial charge in [0.1, 0.15) is 0 Å². The Morgan fingerprint density at radius 1 is 1.25 bits per heavy atom. The van der Waals surface area contributed by atoms with Crippen LogP contribution in [0.15, 0.2) is 12.1 Å². The van der Waals surface area contributed by atoms with E-state index in [1.165, 1.54) is 0 Å². The summed E-state index contributed by atoms with van der Waals surface area (Å²) in [5.74, 6) is -2.40. The molecule has 0 unspecified atom stereocenters. The van der Waals surface area contributed by atoms with E-state index in [9.17, 15) is 22.7 Å². The fourth-order valence-electron chi connectivity index (χ4n) is 2.48. The molecule has 1 aromatic rings. The molecule has 1 aliphatic heterocycles. The van der Waals surface area contributed by atoms with Crippen LogP contribution >= 0.6 is 0 Å². The van der Waals surface area contributed by atoms with Crippen LogP contribution in [0.25, 0.3) is 0 Å². The average molecular weight is 293 g/mol. The Morgan fingerprint density at radius 3 is 2.40 bits per heavy atom. The van der Waals surface area contributed by atoms with Crippen molar-refractivity contribution >= 4 is 0 Å². The van der Waals surface area contributed by atoms with E-state index in [4.69, 9.17) is 10.5 Å². The van der Waals surface area contributed by atoms with Crippen molar-refractivity contribution in [3.8, 4) is 5.75 Å². The van der Waals surface area contributed by atoms with E-state index < -0.39 is 34.9 Å². The minimum Gasteiger partial charge on any atom is -0.505 e. The van der Waals surface area contributed by atoms with Crippen LogP contribution in [0.5, 0.6) is 5.75 Å². The van der Waals surface area contributed by atoms with Gasteiger partial charge in [0.2, 0.25) is 0 Å². The first kappa shape index (κ1) is 15.1. The lowest BCUT2D eigenvalue weighted by molar-refractivity contribution is -0.138. The van der Waals surface area contributed by atoms with Gasteiger partial charge in [0, 0.05) is 24.8 Å². The Kier molecular flexibility index (Phi) is 4.19. The zero-order valence-corrected chi connectivity index (χ0v) is 10.6. The molecule has 1 saturated heterocycles. The second-order valence-corrected chi connectivity index (χ2v) is 4.83. The van der Waals surface area contributed by atoms with Gasteiger partial charge in [-0.15, -0.1) is 0 Å². The molecule has 0 radical (unpaired) electrons. The quantitative estimate of drug-likeness (QED) is 0.824. The minimum absolute atomic E-state index is 0.280. The van der Waals surface area contributed by atoms with Crippen molar-refractivity contribution in [2.24, 2.45) is 11.7 Å². The molecule has 0 aliphatic carbocycles. The lowest BCUT2D eigenvalue weighted by atomic mass is 9.85. The SMILES string of the molecule is N[C@@H](c1c(C(F)(F)F)ccc(F)c1O)C1CCOCC1. The molecule has 1 aromatic carbocycles. The van der Waals surface area contributed by atoms with Crippen LogP contribution < -0.4 is 5.73 Å². The Hall–Kier alpha value is -1.34. The largest absolute Gasteiger partial charge is 0.505 e. The fraction of sp³-hybridized carbons (Fsp3) is 0.538. The number of rotatable bonds is 2. The molecule has 7 heteroatoms. The van der Waals surface area contributed by atoms with Crippen LogP contribution in [-0.4, -0.2) is 18.3 Å². The molecule has 1 aliphatic rings. The number of benzene rings is 1. The predicted octanol–water partition coefficient (Wildman–Crippen LogP) is 2.98. The van der Waals surface area contributed by atoms with Crippen molar-refractivity contribution in [3.05, 3.63) is 29.1 Å². The highest BCUT2D eigenvalue weighted by Crippen LogP contribution is 2.42. The first-order chi connectivity index (χ1) is 9.32. The first-order valence-electron chi connectivity index (χ1n) is 6.24. The lowest BCUT2D eigenvalue weighted by Crippen LogP contribution is -2.29. The molecule has 0 bridgehead atoms. The average Bonchev–Trinajstić information content (AvgIpc) is 2.40. The maximum Gasteiger partial charge on any atom is 0.416 e. The number of nitrogens with two attached hydrogens (primary N) is 1. The molecule has 112 valence electrons. The van der Waals surface area contributed by atoms with E-state index in [2.05, 4.69) is 0 Å². The number of ether oxygens (including phenoxy) is 1. The minimum atomic E-state index is -4.69. The molecular weight excluding hydrogens is 278 g/mol. The van der Waals surface area contributed by atoms with Gasteiger partial charge in [-0.05, 0) is 30.9 Å². The monoisotopic (exact) mass is 293 g/mol. The standard InChI is InChI=1S/C13H15F4NO2/c14-9-2-1-8(13(15,16)17)10(12(9)19)11(18)7-3-5-20-6-4-7/h1-2,7,11,19H,3-6,18H2/t11-/m1/s1. The molecule has 2 rings (SSSR count). The second kappa shape index (κ2) is 5.57. The zero-order valence-electron chi connectivity index (χ0n) is 10.6. The smallest absolute Gasteiger partial charge is 0.416 e. The van der Waals surface area contributed by atoms with Gasteiger partial charge in [-0.2, -0.15) is 13.2 Å². The maximum absolute atomic E-state index is 13.4. The summed E-state index contributed by atoms with van der Waals surface area (Å²) in [7, 11) is 0. The van der Waals surface area contributed by atoms with E-state index in [0.717, 1.165) is 0 Å². The van der Waals surface area contributed by atoms with E-state index in [0.29, 0.717) is 38.2 Å². The summed E-state index contributed by atoms with van der Waals surface area (Å²) in [6, 6.07) is 0.133. The predicted molar refractivity (Wildman–Crippen MR) is 63.5 cm³/mol. The van der Waals surface area contributed by atoms with Crippen LogP contribution in [0.3, 0.4) is 0 Å². The van der Waals surface area contributed by atoms with Gasteiger partial charge in [-0.3, -0.25) is 0 Å². The number of alkyl halides is 3. The number of halogens is 4. The molecule has 3 N–H and O–H groups in total. The fourth-order valence-corrected chi connectivity index (χ4v) is 2.48. The first-order valence-corrected chi connectivity index (χ1v) is 6.24. The maximum atomic E-state index is 13.4. The van der Waals surface area contributed by atoms with Gasteiger partial charge < -0.3 is 15.6 Å². The van der Waals surface area contributed by atoms with E-state index in [1.54, 1.807) is 0 Å². The van der Waals surface area contributed by atoms with Gasteiger partial charge >= 0.3 is 6.18 Å². The molecule has 0 saturated carbocycles. The summed E-state index contributed by atoms with van der Waals surface area (Å²) >= 11 is 0. The van der Waals surface area contributed by atoms with Gasteiger partial charge in [0.15, 0.2) is 11.6 Å². The van der Waals surface area contributed by atoms with Gasteiger partial charge in [-0.1, -0.05) is 0 Å². The third-order valence-electron chi connectivity index (χ3n) is 3.58. The molecule has 1 heterocycles. The third-order valence-corrected chi connectivity index (χ3v) is 3.58. The van der Waals surface area contributed by atoms with E-state index in [1.807, 2.05) is 0 Å². The van der Waals surface area contributed by atoms with Crippen LogP contribution in [0.1, 0.15) is 30.0 Å². The molecule has 0 amide bonds. The molecule has 1 atom stereocenters. The molecule has 1 fully saturated rings. The Morgan fingerprint density at radius 2 is 1.85 bits per heavy atom. The Bertz CT molecular complexity index is 484. The highest BCUT2D eigenvalue weighted by Gasteiger charge is 2.38. The molecular formula is C13H15F4NO2. The van der Waals surface area contributed by atoms with E-state index >= 15 is 0 Å². The van der Waals surface area contributed by atoms with Crippen molar-refractivity contribution in [1.82, 2.24) is 0 Å². The summed E-state index contributed by atoms with van der Waals surface area (Å²) in [6.07, 6.45) is -3.73. The summed E-state index contributed by atoms with van der Waals surface area (Å²) in [5.41, 5.74) is 4.20. The van der Waals surface area contributed by atoms with Crippen molar-refractivity contribution in [2.45, 2.75) is 25.1 Å². The van der Waals surface area contributed by atoms with Gasteiger partial charge in [-0.25, -0.2) is 4.39 Å².